The van der Waals surface area contributed by atoms with Gasteiger partial charge in [-0.2, -0.15) is 0 Å². The number of hydrogen-bond acceptors (Lipinski definition) is 4. The molecule has 0 fully saturated rings. The Hall–Kier alpha value is -2.60. The molecule has 4 nitrogen and oxygen atoms in total. The van der Waals surface area contributed by atoms with Gasteiger partial charge in [-0.3, -0.25) is 9.78 Å². The summed E-state index contributed by atoms with van der Waals surface area (Å²) in [6, 6.07) is 11.6. The summed E-state index contributed by atoms with van der Waals surface area (Å²) in [7, 11) is -3.83. The lowest BCUT2D eigenvalue weighted by Crippen LogP contribution is -2.20. The van der Waals surface area contributed by atoms with Gasteiger partial charge in [0.2, 0.25) is 0 Å². The first-order valence-corrected chi connectivity index (χ1v) is 11.6. The third-order valence-corrected chi connectivity index (χ3v) is 6.82. The van der Waals surface area contributed by atoms with E-state index in [1.807, 2.05) is 33.8 Å². The van der Waals surface area contributed by atoms with E-state index in [-0.39, 0.29) is 29.0 Å². The minimum absolute atomic E-state index is 0.0160. The lowest BCUT2D eigenvalue weighted by molar-refractivity contribution is -0.116. The first-order chi connectivity index (χ1) is 14.1. The van der Waals surface area contributed by atoms with E-state index in [4.69, 9.17) is 0 Å². The van der Waals surface area contributed by atoms with Gasteiger partial charge in [-0.15, -0.1) is 0 Å². The van der Waals surface area contributed by atoms with Crippen LogP contribution in [0.1, 0.15) is 56.2 Å². The number of Topliss-reactive ketones (excluding diaryl/α,β-unsaturated/α-hetero) is 1. The minimum Gasteiger partial charge on any atom is -0.298 e. The lowest BCUT2D eigenvalue weighted by atomic mass is 9.86. The molecular weight excluding hydrogens is 401 g/mol. The molecule has 0 saturated heterocycles. The van der Waals surface area contributed by atoms with Crippen molar-refractivity contribution in [2.45, 2.75) is 50.8 Å². The Morgan fingerprint density at radius 1 is 1.00 bits per heavy atom. The highest BCUT2D eigenvalue weighted by Crippen LogP contribution is 2.30. The number of sulfone groups is 1. The molecule has 0 N–H and O–H groups in total. The second kappa shape index (κ2) is 8.64. The van der Waals surface area contributed by atoms with Gasteiger partial charge >= 0.3 is 0 Å². The topological polar surface area (TPSA) is 64.1 Å². The fourth-order valence-corrected chi connectivity index (χ4v) is 4.89. The lowest BCUT2D eigenvalue weighted by Gasteiger charge is -2.19. The number of halogens is 1. The predicted octanol–water partition coefficient (Wildman–Crippen LogP) is 5.21. The van der Waals surface area contributed by atoms with E-state index in [9.17, 15) is 17.6 Å². The van der Waals surface area contributed by atoms with E-state index in [0.29, 0.717) is 10.9 Å². The van der Waals surface area contributed by atoms with E-state index in [0.717, 1.165) is 16.7 Å². The number of carbonyl (C=O) groups is 1. The van der Waals surface area contributed by atoms with Crippen molar-refractivity contribution >= 4 is 26.5 Å². The van der Waals surface area contributed by atoms with E-state index in [1.165, 1.54) is 18.3 Å². The SMILES string of the molecule is CC(C)c1cc(F)cc(C(C)C)c1CC(=O)CS(=O)(=O)c1cnc2ccccc2c1. The minimum atomic E-state index is -3.83. The molecule has 6 heteroatoms. The van der Waals surface area contributed by atoms with Crippen molar-refractivity contribution in [1.82, 2.24) is 4.98 Å². The molecule has 0 aliphatic carbocycles. The van der Waals surface area contributed by atoms with Crippen LogP contribution in [0.2, 0.25) is 0 Å². The Labute approximate surface area is 177 Å². The maximum atomic E-state index is 14.1. The summed E-state index contributed by atoms with van der Waals surface area (Å²) in [6.45, 7) is 7.74. The van der Waals surface area contributed by atoms with Crippen molar-refractivity contribution in [3.8, 4) is 0 Å². The number of para-hydroxylation sites is 1. The number of nitrogens with zero attached hydrogens (tertiary/aromatic N) is 1. The number of benzene rings is 2. The summed E-state index contributed by atoms with van der Waals surface area (Å²) < 4.78 is 39.8. The maximum absolute atomic E-state index is 14.1. The van der Waals surface area contributed by atoms with Crippen molar-refractivity contribution < 1.29 is 17.6 Å². The quantitative estimate of drug-likeness (QED) is 0.519. The van der Waals surface area contributed by atoms with Crippen LogP contribution in [0, 0.1) is 5.82 Å². The van der Waals surface area contributed by atoms with E-state index in [1.54, 1.807) is 24.3 Å². The summed E-state index contributed by atoms with van der Waals surface area (Å²) in [5, 5.41) is 0.703. The van der Waals surface area contributed by atoms with Crippen molar-refractivity contribution in [1.29, 1.82) is 0 Å². The van der Waals surface area contributed by atoms with Gasteiger partial charge in [0.05, 0.1) is 10.4 Å². The molecule has 0 amide bonds. The molecular formula is C24H26FNO3S. The first-order valence-electron chi connectivity index (χ1n) is 10.00. The van der Waals surface area contributed by atoms with Crippen molar-refractivity contribution in [2.24, 2.45) is 0 Å². The molecule has 1 aromatic heterocycles. The first kappa shape index (κ1) is 22.1. The Kier molecular flexibility index (Phi) is 6.36. The molecule has 30 heavy (non-hydrogen) atoms. The zero-order chi connectivity index (χ0) is 22.1. The largest absolute Gasteiger partial charge is 0.298 e. The second-order valence-corrected chi connectivity index (χ2v) is 10.2. The van der Waals surface area contributed by atoms with E-state index < -0.39 is 21.4 Å². The zero-order valence-electron chi connectivity index (χ0n) is 17.6. The summed E-state index contributed by atoms with van der Waals surface area (Å²) in [5.74, 6) is -1.34. The fourth-order valence-electron chi connectivity index (χ4n) is 3.68. The molecule has 0 bridgehead atoms. The molecule has 0 aliphatic rings. The van der Waals surface area contributed by atoms with E-state index >= 15 is 0 Å². The summed E-state index contributed by atoms with van der Waals surface area (Å²) in [6.07, 6.45) is 1.25. The van der Waals surface area contributed by atoms with Gasteiger partial charge in [-0.25, -0.2) is 12.8 Å². The average molecular weight is 428 g/mol. The van der Waals surface area contributed by atoms with Crippen LogP contribution in [0.4, 0.5) is 4.39 Å². The molecule has 2 aromatic carbocycles. The molecule has 0 radical (unpaired) electrons. The van der Waals surface area contributed by atoms with Crippen molar-refractivity contribution in [3.63, 3.8) is 0 Å². The Morgan fingerprint density at radius 3 is 2.20 bits per heavy atom. The molecule has 3 rings (SSSR count). The molecule has 3 aromatic rings. The van der Waals surface area contributed by atoms with Crippen LogP contribution in [0.3, 0.4) is 0 Å². The second-order valence-electron chi connectivity index (χ2n) is 8.21. The van der Waals surface area contributed by atoms with Gasteiger partial charge in [-0.05, 0) is 52.8 Å². The highest BCUT2D eigenvalue weighted by molar-refractivity contribution is 7.92. The zero-order valence-corrected chi connectivity index (χ0v) is 18.5. The molecule has 0 unspecified atom stereocenters. The van der Waals surface area contributed by atoms with Crippen LogP contribution in [-0.4, -0.2) is 24.9 Å². The molecule has 0 aliphatic heterocycles. The van der Waals surface area contributed by atoms with Crippen LogP contribution >= 0.6 is 0 Å². The van der Waals surface area contributed by atoms with Gasteiger partial charge in [0.1, 0.15) is 11.6 Å². The van der Waals surface area contributed by atoms with Crippen LogP contribution in [0.5, 0.6) is 0 Å². The van der Waals surface area contributed by atoms with Gasteiger partial charge < -0.3 is 0 Å². The standard InChI is InChI=1S/C24H26FNO3S/c1-15(2)21-10-18(25)11-22(16(3)4)23(21)12-19(27)14-30(28,29)20-9-17-7-5-6-8-24(17)26-13-20/h5-11,13,15-16H,12,14H2,1-4H3. The number of ketones is 1. The third-order valence-electron chi connectivity index (χ3n) is 5.18. The monoisotopic (exact) mass is 427 g/mol. The van der Waals surface area contributed by atoms with Gasteiger partial charge in [0, 0.05) is 18.0 Å². The number of hydrogen-bond donors (Lipinski definition) is 0. The van der Waals surface area contributed by atoms with Gasteiger partial charge in [0.15, 0.2) is 15.6 Å². The number of fused-ring (bicyclic) bond motifs is 1. The predicted molar refractivity (Wildman–Crippen MR) is 117 cm³/mol. The van der Waals surface area contributed by atoms with Crippen molar-refractivity contribution in [2.75, 3.05) is 5.75 Å². The number of rotatable bonds is 7. The molecule has 0 spiro atoms. The van der Waals surface area contributed by atoms with Crippen LogP contribution < -0.4 is 0 Å². The number of aromatic nitrogens is 1. The normalized spacial score (nSPS) is 12.1. The smallest absolute Gasteiger partial charge is 0.187 e. The molecule has 0 saturated carbocycles. The molecule has 158 valence electrons. The Morgan fingerprint density at radius 2 is 1.60 bits per heavy atom. The highest BCUT2D eigenvalue weighted by atomic mass is 32.2. The highest BCUT2D eigenvalue weighted by Gasteiger charge is 2.24. The van der Waals surface area contributed by atoms with Crippen molar-refractivity contribution in [3.05, 3.63) is 71.2 Å². The summed E-state index contributed by atoms with van der Waals surface area (Å²) in [4.78, 5) is 17.0. The summed E-state index contributed by atoms with van der Waals surface area (Å²) in [5.41, 5.74) is 2.92. The average Bonchev–Trinajstić information content (AvgIpc) is 2.67. The summed E-state index contributed by atoms with van der Waals surface area (Å²) >= 11 is 0. The Balaban J connectivity index is 1.91. The van der Waals surface area contributed by atoms with Crippen LogP contribution in [0.15, 0.2) is 53.6 Å². The van der Waals surface area contributed by atoms with E-state index in [2.05, 4.69) is 4.98 Å². The van der Waals surface area contributed by atoms with Crippen LogP contribution in [0.25, 0.3) is 10.9 Å². The third kappa shape index (κ3) is 4.75. The molecule has 0 atom stereocenters. The number of pyridine rings is 1. The number of carbonyl (C=O) groups excluding carboxylic acids is 1. The van der Waals surface area contributed by atoms with Crippen LogP contribution in [-0.2, 0) is 21.1 Å². The maximum Gasteiger partial charge on any atom is 0.187 e. The van der Waals surface area contributed by atoms with Gasteiger partial charge in [-0.1, -0.05) is 45.9 Å². The molecule has 1 heterocycles. The Bertz CT molecular complexity index is 1170. The fraction of sp³-hybridized carbons (Fsp3) is 0.333. The van der Waals surface area contributed by atoms with Gasteiger partial charge in [0.25, 0.3) is 0 Å².